The summed E-state index contributed by atoms with van der Waals surface area (Å²) in [5.74, 6) is -0.00476. The predicted molar refractivity (Wildman–Crippen MR) is 87.5 cm³/mol. The number of rotatable bonds is 4. The molecule has 0 amide bonds. The van der Waals surface area contributed by atoms with Crippen molar-refractivity contribution in [2.24, 2.45) is 0 Å². The van der Waals surface area contributed by atoms with Gasteiger partial charge in [-0.25, -0.2) is 8.42 Å². The fourth-order valence-corrected chi connectivity index (χ4v) is 4.06. The van der Waals surface area contributed by atoms with Gasteiger partial charge in [0.15, 0.2) is 0 Å². The minimum Gasteiger partial charge on any atom is -0.377 e. The van der Waals surface area contributed by atoms with E-state index in [-0.39, 0.29) is 11.9 Å². The number of ether oxygens (including phenoxy) is 1. The van der Waals surface area contributed by atoms with Crippen LogP contribution >= 0.6 is 0 Å². The second-order valence-corrected chi connectivity index (χ2v) is 7.47. The van der Waals surface area contributed by atoms with Crippen molar-refractivity contribution in [3.8, 4) is 0 Å². The van der Waals surface area contributed by atoms with Crippen molar-refractivity contribution < 1.29 is 13.2 Å². The van der Waals surface area contributed by atoms with Crippen molar-refractivity contribution in [3.63, 3.8) is 0 Å². The van der Waals surface area contributed by atoms with E-state index in [2.05, 4.69) is 9.71 Å². The highest BCUT2D eigenvalue weighted by atomic mass is 32.2. The number of pyridine rings is 1. The Hall–Kier alpha value is -1.66. The van der Waals surface area contributed by atoms with Crippen LogP contribution in [0.3, 0.4) is 0 Å². The van der Waals surface area contributed by atoms with E-state index in [4.69, 9.17) is 4.74 Å². The Bertz CT molecular complexity index is 768. The number of nitrogens with one attached hydrogen (secondary N) is 1. The molecule has 1 aliphatic heterocycles. The van der Waals surface area contributed by atoms with Gasteiger partial charge in [0.05, 0.1) is 23.1 Å². The summed E-state index contributed by atoms with van der Waals surface area (Å²) >= 11 is 0. The molecule has 118 valence electrons. The summed E-state index contributed by atoms with van der Waals surface area (Å²) in [4.78, 5) is 4.45. The van der Waals surface area contributed by atoms with Gasteiger partial charge < -0.3 is 4.74 Å². The number of nitrogens with zero attached hydrogens (tertiary/aromatic N) is 1. The average Bonchev–Trinajstić information content (AvgIpc) is 2.48. The summed E-state index contributed by atoms with van der Waals surface area (Å²) in [5, 5.41) is 0.916. The molecule has 1 aromatic carbocycles. The van der Waals surface area contributed by atoms with E-state index < -0.39 is 10.0 Å². The fourth-order valence-electron chi connectivity index (χ4n) is 2.72. The fraction of sp³-hybridized carbons (Fsp3) is 0.438. The van der Waals surface area contributed by atoms with Crippen LogP contribution in [0.1, 0.15) is 25.0 Å². The van der Waals surface area contributed by atoms with Gasteiger partial charge in [0, 0.05) is 17.7 Å². The molecule has 0 saturated carbocycles. The Kier molecular flexibility index (Phi) is 4.31. The number of aromatic nitrogens is 1. The highest BCUT2D eigenvalue weighted by molar-refractivity contribution is 7.92. The van der Waals surface area contributed by atoms with E-state index in [0.29, 0.717) is 17.8 Å². The average molecular weight is 320 g/mol. The number of fused-ring (bicyclic) bond motifs is 1. The quantitative estimate of drug-likeness (QED) is 0.940. The first-order chi connectivity index (χ1) is 10.5. The summed E-state index contributed by atoms with van der Waals surface area (Å²) in [6, 6.07) is 9.35. The molecule has 1 aliphatic rings. The molecule has 2 aromatic rings. The van der Waals surface area contributed by atoms with Crippen LogP contribution in [0, 0.1) is 6.92 Å². The zero-order valence-electron chi connectivity index (χ0n) is 12.6. The molecule has 3 rings (SSSR count). The highest BCUT2D eigenvalue weighted by Crippen LogP contribution is 2.23. The summed E-state index contributed by atoms with van der Waals surface area (Å²) in [7, 11) is -3.45. The number of para-hydroxylation sites is 1. The van der Waals surface area contributed by atoms with Gasteiger partial charge in [0.2, 0.25) is 10.0 Å². The maximum absolute atomic E-state index is 12.4. The van der Waals surface area contributed by atoms with Gasteiger partial charge >= 0.3 is 0 Å². The summed E-state index contributed by atoms with van der Waals surface area (Å²) in [5.41, 5.74) is 2.06. The normalized spacial score (nSPS) is 19.2. The third-order valence-electron chi connectivity index (χ3n) is 3.80. The molecule has 5 nitrogen and oxygen atoms in total. The maximum atomic E-state index is 12.4. The first-order valence-electron chi connectivity index (χ1n) is 7.52. The zero-order valence-corrected chi connectivity index (χ0v) is 13.4. The smallest absolute Gasteiger partial charge is 0.235 e. The Labute approximate surface area is 130 Å². The van der Waals surface area contributed by atoms with E-state index >= 15 is 0 Å². The van der Waals surface area contributed by atoms with Crippen LogP contribution in [0.25, 0.3) is 10.9 Å². The zero-order chi connectivity index (χ0) is 15.6. The molecule has 1 saturated heterocycles. The Morgan fingerprint density at radius 2 is 2.14 bits per heavy atom. The number of aryl methyl sites for hydroxylation is 1. The number of hydrogen-bond donors (Lipinski definition) is 1. The molecule has 2 heterocycles. The molecule has 1 unspecified atom stereocenters. The molecule has 0 bridgehead atoms. The largest absolute Gasteiger partial charge is 0.377 e. The van der Waals surface area contributed by atoms with Crippen LogP contribution in [0.4, 0.5) is 5.69 Å². The number of benzene rings is 1. The minimum atomic E-state index is -3.45. The predicted octanol–water partition coefficient (Wildman–Crippen LogP) is 2.85. The maximum Gasteiger partial charge on any atom is 0.235 e. The van der Waals surface area contributed by atoms with Crippen molar-refractivity contribution in [2.45, 2.75) is 32.3 Å². The first-order valence-corrected chi connectivity index (χ1v) is 9.17. The van der Waals surface area contributed by atoms with Crippen LogP contribution in [-0.2, 0) is 14.8 Å². The van der Waals surface area contributed by atoms with Gasteiger partial charge in [-0.3, -0.25) is 9.71 Å². The minimum absolute atomic E-state index is 0.00476. The third kappa shape index (κ3) is 3.56. The highest BCUT2D eigenvalue weighted by Gasteiger charge is 2.22. The molecule has 22 heavy (non-hydrogen) atoms. The lowest BCUT2D eigenvalue weighted by atomic mass is 10.1. The van der Waals surface area contributed by atoms with Gasteiger partial charge in [-0.05, 0) is 38.3 Å². The molecule has 0 spiro atoms. The molecule has 1 atom stereocenters. The van der Waals surface area contributed by atoms with Crippen molar-refractivity contribution in [3.05, 3.63) is 36.0 Å². The van der Waals surface area contributed by atoms with E-state index in [1.165, 1.54) is 0 Å². The van der Waals surface area contributed by atoms with Gasteiger partial charge in [-0.15, -0.1) is 0 Å². The van der Waals surface area contributed by atoms with Crippen molar-refractivity contribution in [2.75, 3.05) is 17.1 Å². The second kappa shape index (κ2) is 6.22. The molecule has 0 radical (unpaired) electrons. The standard InChI is InChI=1S/C16H20N2O3S/c1-12-8-9-13-5-4-7-15(16(13)17-12)18-22(19,20)11-14-6-2-3-10-21-14/h4-5,7-9,14,18H,2-3,6,10-11H2,1H3. The van der Waals surface area contributed by atoms with Crippen LogP contribution in [-0.4, -0.2) is 31.9 Å². The Balaban J connectivity index is 1.83. The molecule has 1 N–H and O–H groups in total. The van der Waals surface area contributed by atoms with Crippen LogP contribution in [0.2, 0.25) is 0 Å². The molecule has 1 aromatic heterocycles. The molecular formula is C16H20N2O3S. The van der Waals surface area contributed by atoms with Gasteiger partial charge in [-0.1, -0.05) is 18.2 Å². The van der Waals surface area contributed by atoms with E-state index in [1.807, 2.05) is 31.2 Å². The van der Waals surface area contributed by atoms with Crippen LogP contribution in [0.15, 0.2) is 30.3 Å². The van der Waals surface area contributed by atoms with Crippen molar-refractivity contribution >= 4 is 26.6 Å². The molecular weight excluding hydrogens is 300 g/mol. The monoisotopic (exact) mass is 320 g/mol. The lowest BCUT2D eigenvalue weighted by Crippen LogP contribution is -2.31. The summed E-state index contributed by atoms with van der Waals surface area (Å²) in [6.45, 7) is 2.54. The summed E-state index contributed by atoms with van der Waals surface area (Å²) in [6.07, 6.45) is 2.62. The first kappa shape index (κ1) is 15.2. The number of sulfonamides is 1. The van der Waals surface area contributed by atoms with Crippen molar-refractivity contribution in [1.82, 2.24) is 4.98 Å². The lowest BCUT2D eigenvalue weighted by Gasteiger charge is -2.22. The van der Waals surface area contributed by atoms with Crippen LogP contribution in [0.5, 0.6) is 0 Å². The molecule has 0 aliphatic carbocycles. The lowest BCUT2D eigenvalue weighted by molar-refractivity contribution is 0.0306. The summed E-state index contributed by atoms with van der Waals surface area (Å²) < 4.78 is 32.9. The molecule has 1 fully saturated rings. The van der Waals surface area contributed by atoms with Gasteiger partial charge in [-0.2, -0.15) is 0 Å². The number of hydrogen-bond acceptors (Lipinski definition) is 4. The topological polar surface area (TPSA) is 68.3 Å². The van der Waals surface area contributed by atoms with E-state index in [9.17, 15) is 8.42 Å². The van der Waals surface area contributed by atoms with Gasteiger partial charge in [0.25, 0.3) is 0 Å². The molecule has 6 heteroatoms. The van der Waals surface area contributed by atoms with E-state index in [1.54, 1.807) is 6.07 Å². The second-order valence-electron chi connectivity index (χ2n) is 5.70. The van der Waals surface area contributed by atoms with Gasteiger partial charge in [0.1, 0.15) is 0 Å². The van der Waals surface area contributed by atoms with E-state index in [0.717, 1.165) is 30.3 Å². The van der Waals surface area contributed by atoms with Crippen LogP contribution < -0.4 is 4.72 Å². The Morgan fingerprint density at radius 1 is 1.27 bits per heavy atom. The third-order valence-corrected chi connectivity index (χ3v) is 5.15. The Morgan fingerprint density at radius 3 is 2.91 bits per heavy atom. The number of anilines is 1. The SMILES string of the molecule is Cc1ccc2cccc(NS(=O)(=O)CC3CCCCO3)c2n1. The van der Waals surface area contributed by atoms with Crippen molar-refractivity contribution in [1.29, 1.82) is 0 Å².